The van der Waals surface area contributed by atoms with Crippen molar-refractivity contribution in [1.82, 2.24) is 0 Å². The molecule has 0 amide bonds. The Bertz CT molecular complexity index is 418. The Morgan fingerprint density at radius 2 is 1.86 bits per heavy atom. The standard InChI is InChI=1S/C7H2I2N2O3/c8-5-1-4(11(13)14)2-6(9)7(5)10-3-12/h1-2H. The van der Waals surface area contributed by atoms with Gasteiger partial charge in [0.1, 0.15) is 5.69 Å². The Balaban J connectivity index is 3.39. The van der Waals surface area contributed by atoms with Crippen LogP contribution in [0.15, 0.2) is 17.1 Å². The summed E-state index contributed by atoms with van der Waals surface area (Å²) in [6.45, 7) is 0. The Labute approximate surface area is 106 Å². The number of rotatable bonds is 2. The third-order valence-corrected chi connectivity index (χ3v) is 3.01. The topological polar surface area (TPSA) is 72.6 Å². The molecule has 14 heavy (non-hydrogen) atoms. The number of nitro groups is 1. The molecule has 0 unspecified atom stereocenters. The molecule has 0 aliphatic carbocycles. The SMILES string of the molecule is O=C=Nc1c(I)cc([N+](=O)[O-])cc1I. The number of benzene rings is 1. The van der Waals surface area contributed by atoms with Crippen LogP contribution in [-0.2, 0) is 4.79 Å². The lowest BCUT2D eigenvalue weighted by Crippen LogP contribution is -1.90. The van der Waals surface area contributed by atoms with E-state index in [0.29, 0.717) is 12.8 Å². The zero-order valence-electron chi connectivity index (χ0n) is 6.53. The van der Waals surface area contributed by atoms with E-state index in [1.807, 2.05) is 45.2 Å². The average Bonchev–Trinajstić information content (AvgIpc) is 2.10. The van der Waals surface area contributed by atoms with Crippen LogP contribution < -0.4 is 0 Å². The maximum Gasteiger partial charge on any atom is 0.271 e. The van der Waals surface area contributed by atoms with E-state index < -0.39 is 4.92 Å². The second-order valence-electron chi connectivity index (χ2n) is 2.22. The molecule has 1 rings (SSSR count). The van der Waals surface area contributed by atoms with E-state index >= 15 is 0 Å². The van der Waals surface area contributed by atoms with Gasteiger partial charge in [-0.05, 0) is 45.2 Å². The molecule has 0 aliphatic heterocycles. The minimum absolute atomic E-state index is 0.0105. The lowest BCUT2D eigenvalue weighted by molar-refractivity contribution is -0.385. The van der Waals surface area contributed by atoms with Crippen LogP contribution in [0.3, 0.4) is 0 Å². The predicted molar refractivity (Wildman–Crippen MR) is 66.3 cm³/mol. The van der Waals surface area contributed by atoms with Crippen LogP contribution >= 0.6 is 45.2 Å². The van der Waals surface area contributed by atoms with Crippen LogP contribution in [0.2, 0.25) is 0 Å². The molecule has 0 aliphatic rings. The van der Waals surface area contributed by atoms with Crippen molar-refractivity contribution in [3.8, 4) is 0 Å². The van der Waals surface area contributed by atoms with Crippen molar-refractivity contribution in [1.29, 1.82) is 0 Å². The fourth-order valence-corrected chi connectivity index (χ4v) is 2.79. The van der Waals surface area contributed by atoms with Crippen LogP contribution in [-0.4, -0.2) is 11.0 Å². The van der Waals surface area contributed by atoms with E-state index in [2.05, 4.69) is 4.99 Å². The zero-order valence-corrected chi connectivity index (χ0v) is 10.8. The first-order valence-corrected chi connectivity index (χ1v) is 5.43. The smallest absolute Gasteiger partial charge is 0.258 e. The van der Waals surface area contributed by atoms with Gasteiger partial charge in [-0.2, -0.15) is 4.99 Å². The fourth-order valence-electron chi connectivity index (χ4n) is 0.810. The third-order valence-electron chi connectivity index (χ3n) is 1.37. The average molecular weight is 416 g/mol. The highest BCUT2D eigenvalue weighted by Gasteiger charge is 2.13. The van der Waals surface area contributed by atoms with Gasteiger partial charge in [0.15, 0.2) is 0 Å². The minimum Gasteiger partial charge on any atom is -0.258 e. The van der Waals surface area contributed by atoms with Gasteiger partial charge in [0, 0.05) is 19.3 Å². The van der Waals surface area contributed by atoms with Crippen molar-refractivity contribution < 1.29 is 9.72 Å². The predicted octanol–water partition coefficient (Wildman–Crippen LogP) is 2.77. The van der Waals surface area contributed by atoms with Gasteiger partial charge in [0.25, 0.3) is 5.69 Å². The van der Waals surface area contributed by atoms with Gasteiger partial charge in [0.05, 0.1) is 4.92 Å². The van der Waals surface area contributed by atoms with Crippen molar-refractivity contribution >= 4 is 62.6 Å². The molecule has 5 nitrogen and oxygen atoms in total. The van der Waals surface area contributed by atoms with Crippen molar-refractivity contribution in [3.05, 3.63) is 29.4 Å². The molecule has 0 saturated heterocycles. The Morgan fingerprint density at radius 3 is 2.21 bits per heavy atom. The molecule has 0 heterocycles. The molecule has 1 aromatic carbocycles. The molecule has 7 heteroatoms. The maximum atomic E-state index is 10.5. The van der Waals surface area contributed by atoms with Crippen molar-refractivity contribution in [3.63, 3.8) is 0 Å². The maximum absolute atomic E-state index is 10.5. The third kappa shape index (κ3) is 2.49. The van der Waals surface area contributed by atoms with Crippen LogP contribution in [0.4, 0.5) is 11.4 Å². The van der Waals surface area contributed by atoms with Crippen LogP contribution in [0.1, 0.15) is 0 Å². The molecular formula is C7H2I2N2O3. The molecule has 0 atom stereocenters. The summed E-state index contributed by atoms with van der Waals surface area (Å²) in [5, 5.41) is 10.5. The van der Waals surface area contributed by atoms with Gasteiger partial charge < -0.3 is 0 Å². The minimum atomic E-state index is -0.487. The molecular weight excluding hydrogens is 414 g/mol. The number of halogens is 2. The highest BCUT2D eigenvalue weighted by atomic mass is 127. The van der Waals surface area contributed by atoms with E-state index in [0.717, 1.165) is 0 Å². The van der Waals surface area contributed by atoms with Gasteiger partial charge in [-0.15, -0.1) is 0 Å². The van der Waals surface area contributed by atoms with E-state index in [-0.39, 0.29) is 5.69 Å². The highest BCUT2D eigenvalue weighted by Crippen LogP contribution is 2.31. The Hall–Kier alpha value is -0.540. The summed E-state index contributed by atoms with van der Waals surface area (Å²) in [6.07, 6.45) is 1.41. The molecule has 0 fully saturated rings. The lowest BCUT2D eigenvalue weighted by atomic mass is 10.3. The van der Waals surface area contributed by atoms with Gasteiger partial charge in [-0.3, -0.25) is 10.1 Å². The first kappa shape index (κ1) is 11.5. The second-order valence-corrected chi connectivity index (χ2v) is 4.54. The van der Waals surface area contributed by atoms with Gasteiger partial charge in [-0.25, -0.2) is 4.79 Å². The number of non-ortho nitro benzene ring substituents is 1. The summed E-state index contributed by atoms with van der Waals surface area (Å²) in [7, 11) is 0. The summed E-state index contributed by atoms with van der Waals surface area (Å²) in [4.78, 5) is 23.5. The molecule has 0 spiro atoms. The summed E-state index contributed by atoms with van der Waals surface area (Å²) >= 11 is 3.77. The summed E-state index contributed by atoms with van der Waals surface area (Å²) in [5.74, 6) is 0. The largest absolute Gasteiger partial charge is 0.271 e. The summed E-state index contributed by atoms with van der Waals surface area (Å²) in [5.41, 5.74) is 0.412. The van der Waals surface area contributed by atoms with Gasteiger partial charge in [0.2, 0.25) is 6.08 Å². The van der Waals surface area contributed by atoms with Gasteiger partial charge >= 0.3 is 0 Å². The monoisotopic (exact) mass is 416 g/mol. The van der Waals surface area contributed by atoms with Crippen molar-refractivity contribution in [2.45, 2.75) is 0 Å². The molecule has 0 saturated carbocycles. The number of isocyanates is 1. The first-order chi connectivity index (χ1) is 6.56. The molecule has 1 aromatic rings. The zero-order chi connectivity index (χ0) is 10.7. The molecule has 0 radical (unpaired) electrons. The number of carbonyl (C=O) groups excluding carboxylic acids is 1. The van der Waals surface area contributed by atoms with Crippen molar-refractivity contribution in [2.24, 2.45) is 4.99 Å². The van der Waals surface area contributed by atoms with E-state index in [4.69, 9.17) is 0 Å². The number of hydrogen-bond donors (Lipinski definition) is 0. The number of hydrogen-bond acceptors (Lipinski definition) is 4. The van der Waals surface area contributed by atoms with Crippen LogP contribution in [0, 0.1) is 17.3 Å². The summed E-state index contributed by atoms with van der Waals surface area (Å²) < 4.78 is 1.12. The number of nitro benzene ring substituents is 1. The lowest BCUT2D eigenvalue weighted by Gasteiger charge is -1.99. The Kier molecular flexibility index (Phi) is 3.96. The quantitative estimate of drug-likeness (QED) is 0.245. The van der Waals surface area contributed by atoms with Crippen molar-refractivity contribution in [2.75, 3.05) is 0 Å². The Morgan fingerprint density at radius 1 is 1.36 bits per heavy atom. The second kappa shape index (κ2) is 4.80. The number of aliphatic imine (C=N–C) groups is 1. The van der Waals surface area contributed by atoms with E-state index in [1.165, 1.54) is 18.2 Å². The normalized spacial score (nSPS) is 9.29. The highest BCUT2D eigenvalue weighted by molar-refractivity contribution is 14.1. The molecule has 0 aromatic heterocycles. The van der Waals surface area contributed by atoms with Gasteiger partial charge in [-0.1, -0.05) is 0 Å². The van der Waals surface area contributed by atoms with E-state index in [9.17, 15) is 14.9 Å². The van der Waals surface area contributed by atoms with Crippen LogP contribution in [0.5, 0.6) is 0 Å². The fraction of sp³-hybridized carbons (Fsp3) is 0. The first-order valence-electron chi connectivity index (χ1n) is 3.27. The molecule has 72 valence electrons. The van der Waals surface area contributed by atoms with Crippen LogP contribution in [0.25, 0.3) is 0 Å². The molecule has 0 bridgehead atoms. The number of nitrogens with zero attached hydrogens (tertiary/aromatic N) is 2. The molecule has 0 N–H and O–H groups in total. The van der Waals surface area contributed by atoms with E-state index in [1.54, 1.807) is 0 Å². The summed E-state index contributed by atoms with van der Waals surface area (Å²) in [6, 6.07) is 2.72.